The first-order valence-electron chi connectivity index (χ1n) is 8.69. The summed E-state index contributed by atoms with van der Waals surface area (Å²) in [5, 5.41) is -0.402. The fraction of sp³-hybridized carbons (Fsp3) is 0.0556. The molecular weight excluding hydrogens is 502 g/mol. The number of pyridine rings is 1. The fourth-order valence-corrected chi connectivity index (χ4v) is 5.24. The molecule has 172 valence electrons. The topological polar surface area (TPSA) is 210 Å². The maximum atomic E-state index is 12.9. The molecule has 1 aliphatic carbocycles. The molecule has 0 amide bonds. The van der Waals surface area contributed by atoms with Crippen LogP contribution in [-0.2, 0) is 30.4 Å². The maximum Gasteiger partial charge on any atom is 0.295 e. The largest absolute Gasteiger partial charge is 0.295 e. The van der Waals surface area contributed by atoms with Gasteiger partial charge in [0.15, 0.2) is 11.6 Å². The van der Waals surface area contributed by atoms with Gasteiger partial charge in [-0.3, -0.25) is 28.2 Å². The van der Waals surface area contributed by atoms with Crippen molar-refractivity contribution >= 4 is 52.8 Å². The van der Waals surface area contributed by atoms with E-state index in [0.717, 1.165) is 36.4 Å². The fourth-order valence-electron chi connectivity index (χ4n) is 3.52. The van der Waals surface area contributed by atoms with E-state index in [1.54, 1.807) is 0 Å². The third-order valence-electron chi connectivity index (χ3n) is 4.98. The predicted octanol–water partition coefficient (Wildman–Crippen LogP) is 1.14. The molecule has 0 saturated carbocycles. The zero-order valence-corrected chi connectivity index (χ0v) is 18.3. The van der Waals surface area contributed by atoms with Crippen molar-refractivity contribution in [3.05, 3.63) is 59.3 Å². The third kappa shape index (κ3) is 3.94. The summed E-state index contributed by atoms with van der Waals surface area (Å²) in [4.78, 5) is 27.6. The van der Waals surface area contributed by atoms with E-state index in [-0.39, 0.29) is 16.6 Å². The summed E-state index contributed by atoms with van der Waals surface area (Å²) < 4.78 is 97.5. The molecule has 0 saturated heterocycles. The van der Waals surface area contributed by atoms with Gasteiger partial charge in [-0.1, -0.05) is 0 Å². The molecule has 33 heavy (non-hydrogen) atoms. The van der Waals surface area contributed by atoms with Crippen molar-refractivity contribution < 1.29 is 48.5 Å². The Kier molecular flexibility index (Phi) is 5.04. The standard InChI is InChI=1S/C18H11NO11S3/c20-17-10-3-1-8(31(22,23)24)5-11(10)18(21)16(17)14-7-15(33(28,29)30)12-6-9(32(25,26)27)2-4-13(12)19-14/h1-7,16H,(H,22,23,24)(H,25,26,27)(H,28,29,30). The second-order valence-corrected chi connectivity index (χ2v) is 11.3. The molecule has 1 heterocycles. The van der Waals surface area contributed by atoms with Gasteiger partial charge in [-0.05, 0) is 42.5 Å². The molecule has 0 bridgehead atoms. The van der Waals surface area contributed by atoms with E-state index >= 15 is 0 Å². The molecule has 0 fully saturated rings. The van der Waals surface area contributed by atoms with Crippen LogP contribution < -0.4 is 0 Å². The lowest BCUT2D eigenvalue weighted by molar-refractivity contribution is 0.0887. The first-order valence-corrected chi connectivity index (χ1v) is 13.0. The highest BCUT2D eigenvalue weighted by atomic mass is 32.2. The van der Waals surface area contributed by atoms with Gasteiger partial charge in [0.25, 0.3) is 30.4 Å². The van der Waals surface area contributed by atoms with Crippen molar-refractivity contribution in [1.29, 1.82) is 0 Å². The first-order chi connectivity index (χ1) is 15.1. The Balaban J connectivity index is 1.95. The maximum absolute atomic E-state index is 12.9. The lowest BCUT2D eigenvalue weighted by Gasteiger charge is -2.11. The highest BCUT2D eigenvalue weighted by Gasteiger charge is 2.42. The number of hydrogen-bond donors (Lipinski definition) is 3. The molecule has 3 N–H and O–H groups in total. The predicted molar refractivity (Wildman–Crippen MR) is 109 cm³/mol. The summed E-state index contributed by atoms with van der Waals surface area (Å²) in [5.74, 6) is -3.45. The Bertz CT molecular complexity index is 1720. The van der Waals surface area contributed by atoms with Gasteiger partial charge in [-0.2, -0.15) is 25.3 Å². The molecule has 0 spiro atoms. The summed E-state index contributed by atoms with van der Waals surface area (Å²) >= 11 is 0. The summed E-state index contributed by atoms with van der Waals surface area (Å²) in [6.45, 7) is 0. The van der Waals surface area contributed by atoms with E-state index in [2.05, 4.69) is 4.98 Å². The van der Waals surface area contributed by atoms with Crippen molar-refractivity contribution in [3.63, 3.8) is 0 Å². The molecule has 0 radical (unpaired) electrons. The number of rotatable bonds is 4. The Morgan fingerprint density at radius 3 is 1.79 bits per heavy atom. The molecule has 1 aromatic heterocycles. The average Bonchev–Trinajstić information content (AvgIpc) is 2.94. The highest BCUT2D eigenvalue weighted by Crippen LogP contribution is 2.37. The summed E-state index contributed by atoms with van der Waals surface area (Å²) in [6, 6.07) is 6.08. The van der Waals surface area contributed by atoms with Crippen LogP contribution in [-0.4, -0.2) is 55.5 Å². The summed E-state index contributed by atoms with van der Waals surface area (Å²) in [7, 11) is -14.4. The number of hydrogen-bond acceptors (Lipinski definition) is 9. The third-order valence-corrected chi connectivity index (χ3v) is 7.57. The molecular formula is C18H11NO11S3. The van der Waals surface area contributed by atoms with E-state index in [0.29, 0.717) is 6.07 Å². The van der Waals surface area contributed by atoms with Crippen molar-refractivity contribution in [3.8, 4) is 0 Å². The smallest absolute Gasteiger partial charge is 0.293 e. The quantitative estimate of drug-likeness (QED) is 0.331. The average molecular weight is 513 g/mol. The van der Waals surface area contributed by atoms with E-state index in [1.165, 1.54) is 0 Å². The van der Waals surface area contributed by atoms with Gasteiger partial charge in [0, 0.05) is 16.5 Å². The highest BCUT2D eigenvalue weighted by molar-refractivity contribution is 7.86. The van der Waals surface area contributed by atoms with Crippen LogP contribution in [0.25, 0.3) is 10.9 Å². The lowest BCUT2D eigenvalue weighted by atomic mass is 9.98. The number of carbonyl (C=O) groups is 2. The minimum absolute atomic E-state index is 0.186. The van der Waals surface area contributed by atoms with Gasteiger partial charge in [0.2, 0.25) is 0 Å². The number of fused-ring (bicyclic) bond motifs is 2. The molecule has 4 rings (SSSR count). The monoisotopic (exact) mass is 513 g/mol. The Labute approximate surface area is 186 Å². The van der Waals surface area contributed by atoms with Crippen LogP contribution in [0, 0.1) is 0 Å². The second kappa shape index (κ2) is 7.21. The minimum Gasteiger partial charge on any atom is -0.293 e. The lowest BCUT2D eigenvalue weighted by Crippen LogP contribution is -2.16. The zero-order valence-electron chi connectivity index (χ0n) is 15.9. The van der Waals surface area contributed by atoms with Crippen LogP contribution in [0.4, 0.5) is 0 Å². The van der Waals surface area contributed by atoms with Crippen molar-refractivity contribution in [2.45, 2.75) is 20.6 Å². The van der Waals surface area contributed by atoms with Crippen LogP contribution in [0.15, 0.2) is 57.2 Å². The Morgan fingerprint density at radius 1 is 0.667 bits per heavy atom. The Morgan fingerprint density at radius 2 is 1.21 bits per heavy atom. The van der Waals surface area contributed by atoms with Gasteiger partial charge in [0.1, 0.15) is 10.8 Å². The van der Waals surface area contributed by atoms with Crippen LogP contribution in [0.2, 0.25) is 0 Å². The number of aromatic nitrogens is 1. The van der Waals surface area contributed by atoms with E-state index in [1.807, 2.05) is 0 Å². The van der Waals surface area contributed by atoms with Gasteiger partial charge < -0.3 is 0 Å². The van der Waals surface area contributed by atoms with Gasteiger partial charge >= 0.3 is 0 Å². The van der Waals surface area contributed by atoms with Crippen molar-refractivity contribution in [2.24, 2.45) is 0 Å². The van der Waals surface area contributed by atoms with E-state index in [9.17, 15) is 48.5 Å². The molecule has 3 aromatic rings. The normalized spacial score (nSPS) is 16.9. The summed E-state index contributed by atoms with van der Waals surface area (Å²) in [6.07, 6.45) is 0. The number of Topliss-reactive ketones (excluding diaryl/α,β-unsaturated/α-hetero) is 2. The number of nitrogens with zero attached hydrogens (tertiary/aromatic N) is 1. The van der Waals surface area contributed by atoms with Crippen molar-refractivity contribution in [1.82, 2.24) is 4.98 Å². The van der Waals surface area contributed by atoms with E-state index in [4.69, 9.17) is 0 Å². The Hall–Kier alpha value is -3.08. The van der Waals surface area contributed by atoms with E-state index < -0.39 is 73.6 Å². The van der Waals surface area contributed by atoms with Crippen LogP contribution in [0.1, 0.15) is 32.3 Å². The SMILES string of the molecule is O=C1c2ccc(S(=O)(=O)O)cc2C(=O)C1c1cc(S(=O)(=O)O)c2cc(S(=O)(=O)O)ccc2n1. The van der Waals surface area contributed by atoms with Crippen LogP contribution in [0.5, 0.6) is 0 Å². The number of ketones is 2. The molecule has 1 aliphatic rings. The minimum atomic E-state index is -5.02. The number of benzene rings is 2. The van der Waals surface area contributed by atoms with Gasteiger partial charge in [-0.15, -0.1) is 0 Å². The second-order valence-electron chi connectivity index (χ2n) is 7.02. The van der Waals surface area contributed by atoms with Crippen molar-refractivity contribution in [2.75, 3.05) is 0 Å². The summed E-state index contributed by atoms with van der Waals surface area (Å²) in [5.41, 5.74) is -1.15. The molecule has 1 unspecified atom stereocenters. The molecule has 12 nitrogen and oxygen atoms in total. The molecule has 1 atom stereocenters. The zero-order chi connectivity index (χ0) is 24.5. The number of carbonyl (C=O) groups excluding carboxylic acids is 2. The van der Waals surface area contributed by atoms with Crippen LogP contribution in [0.3, 0.4) is 0 Å². The molecule has 2 aromatic carbocycles. The van der Waals surface area contributed by atoms with Crippen LogP contribution >= 0.6 is 0 Å². The molecule has 15 heteroatoms. The first kappa shape index (κ1) is 23.1. The van der Waals surface area contributed by atoms with Gasteiger partial charge in [0.05, 0.1) is 21.0 Å². The van der Waals surface area contributed by atoms with Gasteiger partial charge in [-0.25, -0.2) is 0 Å². The molecule has 0 aliphatic heterocycles.